The lowest BCUT2D eigenvalue weighted by molar-refractivity contribution is 0.424. The summed E-state index contributed by atoms with van der Waals surface area (Å²) in [5.74, 6) is 6.50. The molecule has 1 nitrogen and oxygen atoms in total. The Morgan fingerprint density at radius 2 is 1.50 bits per heavy atom. The van der Waals surface area contributed by atoms with E-state index < -0.39 is 0 Å². The Kier molecular flexibility index (Phi) is 4.61. The van der Waals surface area contributed by atoms with E-state index in [1.54, 1.807) is 0 Å². The monoisotopic (exact) mass is 263 g/mol. The Labute approximate surface area is 122 Å². The van der Waals surface area contributed by atoms with Crippen LogP contribution in [0.3, 0.4) is 0 Å². The van der Waals surface area contributed by atoms with Gasteiger partial charge in [-0.2, -0.15) is 0 Å². The van der Waals surface area contributed by atoms with Crippen LogP contribution in [0.25, 0.3) is 0 Å². The van der Waals surface area contributed by atoms with Crippen molar-refractivity contribution in [3.63, 3.8) is 0 Å². The van der Waals surface area contributed by atoms with Crippen molar-refractivity contribution in [3.8, 4) is 11.8 Å². The van der Waals surface area contributed by atoms with E-state index in [-0.39, 0.29) is 5.54 Å². The van der Waals surface area contributed by atoms with Gasteiger partial charge in [0, 0.05) is 23.2 Å². The molecule has 1 N–H and O–H groups in total. The van der Waals surface area contributed by atoms with Crippen molar-refractivity contribution in [2.45, 2.75) is 32.9 Å². The molecule has 2 aromatic rings. The first-order chi connectivity index (χ1) is 9.54. The van der Waals surface area contributed by atoms with Crippen molar-refractivity contribution in [2.24, 2.45) is 0 Å². The normalized spacial score (nSPS) is 10.8. The average molecular weight is 263 g/mol. The molecule has 1 heteroatoms. The van der Waals surface area contributed by atoms with Crippen LogP contribution in [0, 0.1) is 11.8 Å². The molecule has 0 bridgehead atoms. The van der Waals surface area contributed by atoms with Gasteiger partial charge in [0.1, 0.15) is 0 Å². The number of hydrogen-bond acceptors (Lipinski definition) is 1. The van der Waals surface area contributed by atoms with E-state index in [0.717, 1.165) is 17.7 Å². The zero-order valence-electron chi connectivity index (χ0n) is 12.4. The second-order valence-corrected chi connectivity index (χ2v) is 5.88. The van der Waals surface area contributed by atoms with Gasteiger partial charge >= 0.3 is 0 Å². The van der Waals surface area contributed by atoms with Gasteiger partial charge in [0.15, 0.2) is 0 Å². The molecule has 0 aromatic heterocycles. The standard InChI is InChI=1S/C19H21N/c1-19(2,3)20-15-18-12-8-7-11-17(18)14-13-16-9-5-4-6-10-16/h4-12,20H,15H2,1-3H3. The second-order valence-electron chi connectivity index (χ2n) is 5.88. The summed E-state index contributed by atoms with van der Waals surface area (Å²) in [4.78, 5) is 0. The maximum Gasteiger partial charge on any atom is 0.0294 e. The molecular weight excluding hydrogens is 242 g/mol. The lowest BCUT2D eigenvalue weighted by Gasteiger charge is -2.21. The summed E-state index contributed by atoms with van der Waals surface area (Å²) in [7, 11) is 0. The summed E-state index contributed by atoms with van der Waals surface area (Å²) in [6.45, 7) is 7.35. The van der Waals surface area contributed by atoms with Crippen LogP contribution in [0.2, 0.25) is 0 Å². The predicted octanol–water partition coefficient (Wildman–Crippen LogP) is 3.97. The maximum absolute atomic E-state index is 3.51. The molecule has 0 aliphatic carbocycles. The van der Waals surface area contributed by atoms with Crippen molar-refractivity contribution >= 4 is 0 Å². The van der Waals surface area contributed by atoms with Gasteiger partial charge in [0.25, 0.3) is 0 Å². The molecule has 0 heterocycles. The third-order valence-corrected chi connectivity index (χ3v) is 2.94. The molecule has 0 saturated heterocycles. The molecule has 0 unspecified atom stereocenters. The Morgan fingerprint density at radius 3 is 2.20 bits per heavy atom. The highest BCUT2D eigenvalue weighted by atomic mass is 14.9. The Morgan fingerprint density at radius 1 is 0.850 bits per heavy atom. The molecule has 0 aliphatic heterocycles. The van der Waals surface area contributed by atoms with Crippen LogP contribution >= 0.6 is 0 Å². The van der Waals surface area contributed by atoms with Crippen LogP contribution in [-0.4, -0.2) is 5.54 Å². The zero-order chi connectivity index (χ0) is 14.4. The van der Waals surface area contributed by atoms with Crippen molar-refractivity contribution in [1.82, 2.24) is 5.32 Å². The predicted molar refractivity (Wildman–Crippen MR) is 85.5 cm³/mol. The number of benzene rings is 2. The summed E-state index contributed by atoms with van der Waals surface area (Å²) in [6.07, 6.45) is 0. The van der Waals surface area contributed by atoms with Gasteiger partial charge in [0.2, 0.25) is 0 Å². The van der Waals surface area contributed by atoms with Crippen molar-refractivity contribution < 1.29 is 0 Å². The maximum atomic E-state index is 3.51. The average Bonchev–Trinajstić information content (AvgIpc) is 2.44. The first-order valence-corrected chi connectivity index (χ1v) is 6.95. The third kappa shape index (κ3) is 4.57. The van der Waals surface area contributed by atoms with Crippen LogP contribution in [0.4, 0.5) is 0 Å². The molecule has 0 atom stereocenters. The topological polar surface area (TPSA) is 12.0 Å². The van der Waals surface area contributed by atoms with Gasteiger partial charge in [-0.05, 0) is 44.5 Å². The van der Waals surface area contributed by atoms with Crippen LogP contribution < -0.4 is 5.32 Å². The highest BCUT2D eigenvalue weighted by molar-refractivity contribution is 5.46. The van der Waals surface area contributed by atoms with Crippen LogP contribution in [0.5, 0.6) is 0 Å². The van der Waals surface area contributed by atoms with E-state index >= 15 is 0 Å². The number of hydrogen-bond donors (Lipinski definition) is 1. The Bertz CT molecular complexity index is 609. The smallest absolute Gasteiger partial charge is 0.0294 e. The molecule has 0 spiro atoms. The van der Waals surface area contributed by atoms with Gasteiger partial charge in [-0.1, -0.05) is 48.2 Å². The Hall–Kier alpha value is -2.04. The van der Waals surface area contributed by atoms with E-state index in [4.69, 9.17) is 0 Å². The summed E-state index contributed by atoms with van der Waals surface area (Å²) < 4.78 is 0. The van der Waals surface area contributed by atoms with Gasteiger partial charge in [-0.3, -0.25) is 0 Å². The van der Waals surface area contributed by atoms with Crippen molar-refractivity contribution in [2.75, 3.05) is 0 Å². The SMILES string of the molecule is CC(C)(C)NCc1ccccc1C#Cc1ccccc1. The molecule has 0 radical (unpaired) electrons. The summed E-state index contributed by atoms with van der Waals surface area (Å²) in [6, 6.07) is 18.4. The largest absolute Gasteiger partial charge is 0.308 e. The minimum Gasteiger partial charge on any atom is -0.308 e. The van der Waals surface area contributed by atoms with E-state index in [9.17, 15) is 0 Å². The fourth-order valence-electron chi connectivity index (χ4n) is 1.82. The van der Waals surface area contributed by atoms with Crippen molar-refractivity contribution in [3.05, 3.63) is 71.3 Å². The lowest BCUT2D eigenvalue weighted by atomic mass is 10.0. The summed E-state index contributed by atoms with van der Waals surface area (Å²) >= 11 is 0. The van der Waals surface area contributed by atoms with Crippen LogP contribution in [0.1, 0.15) is 37.5 Å². The fraction of sp³-hybridized carbons (Fsp3) is 0.263. The minimum absolute atomic E-state index is 0.111. The molecule has 0 fully saturated rings. The van der Waals surface area contributed by atoms with Gasteiger partial charge < -0.3 is 5.32 Å². The van der Waals surface area contributed by atoms with Crippen molar-refractivity contribution in [1.29, 1.82) is 0 Å². The van der Waals surface area contributed by atoms with E-state index in [1.807, 2.05) is 36.4 Å². The number of rotatable bonds is 2. The molecule has 0 saturated carbocycles. The molecule has 0 amide bonds. The van der Waals surface area contributed by atoms with Crippen LogP contribution in [-0.2, 0) is 6.54 Å². The molecular formula is C19H21N. The third-order valence-electron chi connectivity index (χ3n) is 2.94. The highest BCUT2D eigenvalue weighted by Gasteiger charge is 2.09. The van der Waals surface area contributed by atoms with E-state index in [1.165, 1.54) is 5.56 Å². The van der Waals surface area contributed by atoms with Crippen LogP contribution in [0.15, 0.2) is 54.6 Å². The Balaban J connectivity index is 2.19. The van der Waals surface area contributed by atoms with Gasteiger partial charge in [0.05, 0.1) is 0 Å². The van der Waals surface area contributed by atoms with Gasteiger partial charge in [-0.15, -0.1) is 0 Å². The molecule has 2 rings (SSSR count). The molecule has 20 heavy (non-hydrogen) atoms. The lowest BCUT2D eigenvalue weighted by Crippen LogP contribution is -2.35. The highest BCUT2D eigenvalue weighted by Crippen LogP contribution is 2.10. The quantitative estimate of drug-likeness (QED) is 0.808. The van der Waals surface area contributed by atoms with E-state index in [2.05, 4.69) is 56.1 Å². The van der Waals surface area contributed by atoms with E-state index in [0.29, 0.717) is 0 Å². The number of nitrogens with one attached hydrogen (secondary N) is 1. The summed E-state index contributed by atoms with van der Waals surface area (Å²) in [5.41, 5.74) is 3.49. The zero-order valence-corrected chi connectivity index (χ0v) is 12.4. The first-order valence-electron chi connectivity index (χ1n) is 6.95. The fourth-order valence-corrected chi connectivity index (χ4v) is 1.82. The van der Waals surface area contributed by atoms with Gasteiger partial charge in [-0.25, -0.2) is 0 Å². The minimum atomic E-state index is 0.111. The summed E-state index contributed by atoms with van der Waals surface area (Å²) in [5, 5.41) is 3.51. The molecule has 2 aromatic carbocycles. The molecule has 102 valence electrons. The second kappa shape index (κ2) is 6.41. The first kappa shape index (κ1) is 14.4. The molecule has 0 aliphatic rings.